The summed E-state index contributed by atoms with van der Waals surface area (Å²) in [6.45, 7) is 3.64. The minimum Gasteiger partial charge on any atom is -0.443 e. The first-order chi connectivity index (χ1) is 13.4. The van der Waals surface area contributed by atoms with Crippen molar-refractivity contribution in [3.8, 4) is 18.2 Å². The van der Waals surface area contributed by atoms with Gasteiger partial charge in [0.15, 0.2) is 5.41 Å². The number of aromatic nitrogens is 1. The second kappa shape index (κ2) is 5.70. The maximum absolute atomic E-state index is 10.2. The van der Waals surface area contributed by atoms with E-state index in [4.69, 9.17) is 14.9 Å². The number of rotatable bonds is 2. The Balaban J connectivity index is 2.04. The van der Waals surface area contributed by atoms with Crippen LogP contribution in [-0.4, -0.2) is 10.9 Å². The number of H-pyrrole nitrogens is 1. The molecule has 7 heteroatoms. The zero-order valence-corrected chi connectivity index (χ0v) is 15.4. The highest BCUT2D eigenvalue weighted by atomic mass is 16.7. The molecule has 0 aliphatic carbocycles. The summed E-state index contributed by atoms with van der Waals surface area (Å²) in [6.07, 6.45) is 0.555. The number of hydrogen-bond donors (Lipinski definition) is 2. The van der Waals surface area contributed by atoms with Crippen molar-refractivity contribution in [2.24, 2.45) is 16.7 Å². The van der Waals surface area contributed by atoms with Crippen LogP contribution in [0.2, 0.25) is 0 Å². The molecule has 0 radical (unpaired) electrons. The van der Waals surface area contributed by atoms with Gasteiger partial charge in [-0.3, -0.25) is 5.41 Å². The molecule has 4 unspecified atom stereocenters. The third-order valence-corrected chi connectivity index (χ3v) is 6.03. The van der Waals surface area contributed by atoms with Crippen LogP contribution >= 0.6 is 0 Å². The zero-order chi connectivity index (χ0) is 20.2. The van der Waals surface area contributed by atoms with E-state index >= 15 is 0 Å². The molecule has 4 atom stereocenters. The minimum absolute atomic E-state index is 0.416. The first-order valence-corrected chi connectivity index (χ1v) is 8.82. The van der Waals surface area contributed by atoms with E-state index in [2.05, 4.69) is 11.1 Å². The Labute approximate surface area is 162 Å². The number of nitrogens with zero attached hydrogens (tertiary/aromatic N) is 3. The average Bonchev–Trinajstić information content (AvgIpc) is 3.28. The minimum atomic E-state index is -1.95. The molecule has 0 saturated carbocycles. The van der Waals surface area contributed by atoms with Crippen molar-refractivity contribution in [1.82, 2.24) is 4.98 Å². The molecule has 2 saturated heterocycles. The van der Waals surface area contributed by atoms with Crippen LogP contribution in [0.25, 0.3) is 0 Å². The Kier molecular flexibility index (Phi) is 3.62. The predicted molar refractivity (Wildman–Crippen MR) is 97.2 cm³/mol. The van der Waals surface area contributed by atoms with Gasteiger partial charge in [0, 0.05) is 17.5 Å². The Bertz CT molecular complexity index is 1060. The summed E-state index contributed by atoms with van der Waals surface area (Å²) in [7, 11) is 0. The smallest absolute Gasteiger partial charge is 0.244 e. The topological polar surface area (TPSA) is 129 Å². The highest BCUT2D eigenvalue weighted by molar-refractivity contribution is 5.89. The van der Waals surface area contributed by atoms with Gasteiger partial charge in [-0.05, 0) is 19.1 Å². The second-order valence-corrected chi connectivity index (χ2v) is 7.26. The number of nitriles is 3. The molecule has 2 N–H and O–H groups in total. The Hall–Kier alpha value is -3.60. The lowest BCUT2D eigenvalue weighted by atomic mass is 9.54. The molecule has 2 bridgehead atoms. The molecule has 2 fully saturated rings. The largest absolute Gasteiger partial charge is 0.443 e. The van der Waals surface area contributed by atoms with Crippen LogP contribution in [0.1, 0.15) is 29.8 Å². The third kappa shape index (κ3) is 1.80. The normalized spacial score (nSPS) is 32.6. The van der Waals surface area contributed by atoms with Crippen molar-refractivity contribution in [2.45, 2.75) is 25.7 Å². The molecule has 7 nitrogen and oxygen atoms in total. The van der Waals surface area contributed by atoms with Gasteiger partial charge >= 0.3 is 0 Å². The second-order valence-electron chi connectivity index (χ2n) is 7.26. The number of nitrogens with one attached hydrogen (secondary N) is 2. The molecule has 138 valence electrons. The summed E-state index contributed by atoms with van der Waals surface area (Å²) >= 11 is 0. The van der Waals surface area contributed by atoms with Crippen molar-refractivity contribution < 1.29 is 9.47 Å². The molecule has 2 aromatic rings. The molecule has 4 rings (SSSR count). The van der Waals surface area contributed by atoms with Crippen molar-refractivity contribution in [1.29, 1.82) is 21.2 Å². The van der Waals surface area contributed by atoms with Crippen molar-refractivity contribution in [3.63, 3.8) is 0 Å². The lowest BCUT2D eigenvalue weighted by Crippen LogP contribution is -2.57. The van der Waals surface area contributed by atoms with Crippen LogP contribution in [0.4, 0.5) is 0 Å². The van der Waals surface area contributed by atoms with Gasteiger partial charge in [-0.15, -0.1) is 0 Å². The number of fused-ring (bicyclic) bond motifs is 2. The molecule has 0 spiro atoms. The van der Waals surface area contributed by atoms with Crippen LogP contribution < -0.4 is 0 Å². The van der Waals surface area contributed by atoms with Crippen LogP contribution in [0.15, 0.2) is 42.6 Å². The van der Waals surface area contributed by atoms with E-state index in [1.165, 1.54) is 0 Å². The van der Waals surface area contributed by atoms with Gasteiger partial charge < -0.3 is 14.5 Å². The Morgan fingerprint density at radius 2 is 1.75 bits per heavy atom. The molecular formula is C21H17N5O2. The number of hydrogen-bond acceptors (Lipinski definition) is 6. The summed E-state index contributed by atoms with van der Waals surface area (Å²) in [6, 6.07) is 17.0. The van der Waals surface area contributed by atoms with Crippen molar-refractivity contribution in [3.05, 3.63) is 59.4 Å². The number of ether oxygens (including phenoxy) is 2. The third-order valence-electron chi connectivity index (χ3n) is 6.03. The summed E-state index contributed by atoms with van der Waals surface area (Å²) in [5.41, 5.74) is -1.59. The molecule has 1 aromatic heterocycles. The number of benzene rings is 1. The van der Waals surface area contributed by atoms with Gasteiger partial charge in [0.2, 0.25) is 17.1 Å². The average molecular weight is 371 g/mol. The van der Waals surface area contributed by atoms with E-state index in [1.807, 2.05) is 43.3 Å². The van der Waals surface area contributed by atoms with E-state index in [9.17, 15) is 15.8 Å². The molecule has 2 aliphatic heterocycles. The quantitative estimate of drug-likeness (QED) is 0.835. The highest BCUT2D eigenvalue weighted by Crippen LogP contribution is 2.68. The standard InChI is InChI=1S/C21H17N5O2/c1-13-5-7-15(8-6-13)21-14(2)20(12-24,18(25)28-21)19(10-22,11-23)17(27-21)16-4-3-9-26-16/h3-9,14,17,25-26H,1-2H3. The maximum Gasteiger partial charge on any atom is 0.244 e. The Morgan fingerprint density at radius 3 is 2.29 bits per heavy atom. The van der Waals surface area contributed by atoms with Gasteiger partial charge in [0.1, 0.15) is 6.10 Å². The lowest BCUT2D eigenvalue weighted by molar-refractivity contribution is -0.289. The van der Waals surface area contributed by atoms with Crippen LogP contribution in [0.3, 0.4) is 0 Å². The van der Waals surface area contributed by atoms with Gasteiger partial charge in [0.25, 0.3) is 0 Å². The van der Waals surface area contributed by atoms with Gasteiger partial charge in [-0.1, -0.05) is 36.8 Å². The van der Waals surface area contributed by atoms with Crippen LogP contribution in [0, 0.1) is 63.1 Å². The fourth-order valence-electron chi connectivity index (χ4n) is 4.44. The summed E-state index contributed by atoms with van der Waals surface area (Å²) in [5.74, 6) is -2.63. The predicted octanol–water partition coefficient (Wildman–Crippen LogP) is 3.43. The first kappa shape index (κ1) is 17.8. The summed E-state index contributed by atoms with van der Waals surface area (Å²) in [4.78, 5) is 2.99. The number of aryl methyl sites for hydroxylation is 1. The van der Waals surface area contributed by atoms with Gasteiger partial charge in [-0.2, -0.15) is 15.8 Å². The summed E-state index contributed by atoms with van der Waals surface area (Å²) in [5, 5.41) is 38.9. The van der Waals surface area contributed by atoms with E-state index < -0.39 is 34.5 Å². The first-order valence-electron chi connectivity index (χ1n) is 8.82. The SMILES string of the molecule is Cc1ccc(C23OC(=N)C(C#N)(C2C)C(C#N)(C#N)C(c2ccc[nH]2)O3)cc1. The maximum atomic E-state index is 10.2. The zero-order valence-electron chi connectivity index (χ0n) is 15.4. The van der Waals surface area contributed by atoms with E-state index in [-0.39, 0.29) is 0 Å². The summed E-state index contributed by atoms with van der Waals surface area (Å²) < 4.78 is 12.3. The number of aromatic amines is 1. The lowest BCUT2D eigenvalue weighted by Gasteiger charge is -2.48. The monoisotopic (exact) mass is 371 g/mol. The van der Waals surface area contributed by atoms with E-state index in [1.54, 1.807) is 25.3 Å². The molecule has 28 heavy (non-hydrogen) atoms. The molecule has 2 aliphatic rings. The van der Waals surface area contributed by atoms with Crippen molar-refractivity contribution >= 4 is 5.90 Å². The Morgan fingerprint density at radius 1 is 1.07 bits per heavy atom. The van der Waals surface area contributed by atoms with Crippen LogP contribution in [-0.2, 0) is 15.3 Å². The van der Waals surface area contributed by atoms with Gasteiger partial charge in [0.05, 0.1) is 24.1 Å². The highest BCUT2D eigenvalue weighted by Gasteiger charge is 2.79. The molecule has 3 heterocycles. The molecule has 0 amide bonds. The fraction of sp³-hybridized carbons (Fsp3) is 0.333. The van der Waals surface area contributed by atoms with Crippen LogP contribution in [0.5, 0.6) is 0 Å². The van der Waals surface area contributed by atoms with E-state index in [0.29, 0.717) is 11.3 Å². The van der Waals surface area contributed by atoms with Crippen molar-refractivity contribution in [2.75, 3.05) is 0 Å². The van der Waals surface area contributed by atoms with E-state index in [0.717, 1.165) is 5.56 Å². The molecule has 1 aromatic carbocycles. The van der Waals surface area contributed by atoms with Gasteiger partial charge in [-0.25, -0.2) is 0 Å². The molecular weight excluding hydrogens is 354 g/mol. The fourth-order valence-corrected chi connectivity index (χ4v) is 4.44.